The van der Waals surface area contributed by atoms with E-state index in [2.05, 4.69) is 0 Å². The summed E-state index contributed by atoms with van der Waals surface area (Å²) in [6, 6.07) is 0. The lowest BCUT2D eigenvalue weighted by Gasteiger charge is -2.53. The lowest BCUT2D eigenvalue weighted by Crippen LogP contribution is -2.51. The molecule has 6 atom stereocenters. The second-order valence-corrected chi connectivity index (χ2v) is 7.82. The van der Waals surface area contributed by atoms with E-state index in [1.54, 1.807) is 6.08 Å². The monoisotopic (exact) mass is 290 g/mol. The van der Waals surface area contributed by atoms with Crippen LogP contribution in [0.25, 0.3) is 0 Å². The quantitative estimate of drug-likeness (QED) is 0.682. The van der Waals surface area contributed by atoms with Crippen molar-refractivity contribution in [3.8, 4) is 0 Å². The van der Waals surface area contributed by atoms with E-state index in [9.17, 15) is 14.0 Å². The van der Waals surface area contributed by atoms with Crippen molar-refractivity contribution < 1.29 is 14.0 Å². The summed E-state index contributed by atoms with van der Waals surface area (Å²) in [7, 11) is 0. The maximum Gasteiger partial charge on any atom is 0.155 e. The second kappa shape index (κ2) is 4.50. The summed E-state index contributed by atoms with van der Waals surface area (Å²) < 4.78 is 15.0. The van der Waals surface area contributed by atoms with Gasteiger partial charge < -0.3 is 0 Å². The Morgan fingerprint density at radius 2 is 1.95 bits per heavy atom. The van der Waals surface area contributed by atoms with Gasteiger partial charge in [-0.1, -0.05) is 12.5 Å². The summed E-state index contributed by atoms with van der Waals surface area (Å²) in [6.45, 7) is 2.01. The number of carbonyl (C=O) groups excluding carboxylic acids is 2. The zero-order chi connectivity index (χ0) is 14.8. The normalized spacial score (nSPS) is 49.2. The molecule has 0 bridgehead atoms. The van der Waals surface area contributed by atoms with Gasteiger partial charge in [0.1, 0.15) is 12.0 Å². The van der Waals surface area contributed by atoms with Crippen LogP contribution in [0, 0.1) is 29.1 Å². The lowest BCUT2D eigenvalue weighted by atomic mass is 9.51. The Bertz CT molecular complexity index is 537. The average Bonchev–Trinajstić information content (AvgIpc) is 2.74. The molecule has 0 radical (unpaired) electrons. The van der Waals surface area contributed by atoms with Crippen LogP contribution in [-0.2, 0) is 9.59 Å². The minimum Gasteiger partial charge on any atom is -0.299 e. The summed E-state index contributed by atoms with van der Waals surface area (Å²) in [6.07, 6.45) is 6.23. The largest absolute Gasteiger partial charge is 0.299 e. The van der Waals surface area contributed by atoms with Gasteiger partial charge in [0.15, 0.2) is 5.78 Å². The molecule has 3 heteroatoms. The van der Waals surface area contributed by atoms with Gasteiger partial charge in [-0.3, -0.25) is 9.59 Å². The van der Waals surface area contributed by atoms with Crippen LogP contribution < -0.4 is 0 Å². The third-order valence-electron chi connectivity index (χ3n) is 6.94. The van der Waals surface area contributed by atoms with Gasteiger partial charge in [0, 0.05) is 18.3 Å². The molecule has 4 aliphatic rings. The predicted octanol–water partition coefficient (Wildman–Crippen LogP) is 3.65. The summed E-state index contributed by atoms with van der Waals surface area (Å²) in [5.41, 5.74) is 0.787. The number of fused-ring (bicyclic) bond motifs is 5. The van der Waals surface area contributed by atoms with Crippen LogP contribution in [-0.4, -0.2) is 17.7 Å². The number of allylic oxidation sites excluding steroid dienone is 1. The third-order valence-corrected chi connectivity index (χ3v) is 6.94. The highest BCUT2D eigenvalue weighted by Gasteiger charge is 2.59. The average molecular weight is 290 g/mol. The fourth-order valence-electron chi connectivity index (χ4n) is 5.97. The Labute approximate surface area is 125 Å². The fourth-order valence-corrected chi connectivity index (χ4v) is 5.97. The lowest BCUT2D eigenvalue weighted by molar-refractivity contribution is -0.135. The first kappa shape index (κ1) is 13.7. The third kappa shape index (κ3) is 1.82. The van der Waals surface area contributed by atoms with Crippen molar-refractivity contribution in [3.63, 3.8) is 0 Å². The summed E-state index contributed by atoms with van der Waals surface area (Å²) in [5, 5.41) is 0. The van der Waals surface area contributed by atoms with Gasteiger partial charge >= 0.3 is 0 Å². The molecule has 0 aliphatic heterocycles. The molecule has 2 nitrogen and oxygen atoms in total. The van der Waals surface area contributed by atoms with Crippen LogP contribution in [0.3, 0.4) is 0 Å². The number of rotatable bonds is 0. The Kier molecular flexibility index (Phi) is 2.93. The second-order valence-electron chi connectivity index (χ2n) is 7.82. The van der Waals surface area contributed by atoms with Crippen LogP contribution in [0.1, 0.15) is 51.9 Å². The van der Waals surface area contributed by atoms with Gasteiger partial charge in [-0.25, -0.2) is 4.39 Å². The van der Waals surface area contributed by atoms with Crippen molar-refractivity contribution in [2.24, 2.45) is 29.1 Å². The highest BCUT2D eigenvalue weighted by atomic mass is 19.1. The van der Waals surface area contributed by atoms with E-state index in [1.165, 1.54) is 5.57 Å². The van der Waals surface area contributed by atoms with Gasteiger partial charge in [0.2, 0.25) is 0 Å². The standard InChI is InChI=1S/C18H23FO2/c1-18-9-15(19)17-12-5-3-11(20)8-10(12)2-4-13(17)14(18)6-7-16(18)21/h8,12-15,17H,2-7,9H2,1H3/t12?,13?,14?,15-,17?,18-/m0/s1. The molecule has 0 amide bonds. The first-order chi connectivity index (χ1) is 10.0. The number of hydrogen-bond acceptors (Lipinski definition) is 2. The summed E-state index contributed by atoms with van der Waals surface area (Å²) in [4.78, 5) is 23.9. The highest BCUT2D eigenvalue weighted by molar-refractivity contribution is 5.91. The number of carbonyl (C=O) groups is 2. The molecule has 21 heavy (non-hydrogen) atoms. The molecule has 3 fully saturated rings. The zero-order valence-electron chi connectivity index (χ0n) is 12.6. The first-order valence-electron chi connectivity index (χ1n) is 8.41. The van der Waals surface area contributed by atoms with Crippen LogP contribution >= 0.6 is 0 Å². The molecule has 0 spiro atoms. The van der Waals surface area contributed by atoms with Crippen molar-refractivity contribution in [3.05, 3.63) is 11.6 Å². The molecule has 0 heterocycles. The Balaban J connectivity index is 1.70. The number of alkyl halides is 1. The molecule has 114 valence electrons. The van der Waals surface area contributed by atoms with Crippen LogP contribution in [0.5, 0.6) is 0 Å². The van der Waals surface area contributed by atoms with Gasteiger partial charge in [-0.05, 0) is 61.9 Å². The predicted molar refractivity (Wildman–Crippen MR) is 77.4 cm³/mol. The van der Waals surface area contributed by atoms with Crippen molar-refractivity contribution in [1.29, 1.82) is 0 Å². The Morgan fingerprint density at radius 1 is 1.14 bits per heavy atom. The van der Waals surface area contributed by atoms with Gasteiger partial charge in [0.25, 0.3) is 0 Å². The highest BCUT2D eigenvalue weighted by Crippen LogP contribution is 2.61. The van der Waals surface area contributed by atoms with Crippen molar-refractivity contribution in [2.45, 2.75) is 58.0 Å². The van der Waals surface area contributed by atoms with Crippen molar-refractivity contribution in [2.75, 3.05) is 0 Å². The number of ketones is 2. The minimum atomic E-state index is -0.875. The van der Waals surface area contributed by atoms with E-state index < -0.39 is 11.6 Å². The van der Waals surface area contributed by atoms with Crippen LogP contribution in [0.4, 0.5) is 4.39 Å². The van der Waals surface area contributed by atoms with E-state index in [1.807, 2.05) is 6.92 Å². The topological polar surface area (TPSA) is 34.1 Å². The van der Waals surface area contributed by atoms with E-state index in [0.29, 0.717) is 31.1 Å². The Hall–Kier alpha value is -0.990. The molecule has 4 unspecified atom stereocenters. The summed E-state index contributed by atoms with van der Waals surface area (Å²) in [5.74, 6) is 1.54. The molecule has 3 saturated carbocycles. The molecule has 0 aromatic heterocycles. The molecule has 0 N–H and O–H groups in total. The SMILES string of the molecule is C[C@]12C[C@H](F)C3C4CCC(=O)C=C4CCC3C1CCC2=O. The van der Waals surface area contributed by atoms with Crippen LogP contribution in [0.2, 0.25) is 0 Å². The van der Waals surface area contributed by atoms with Crippen LogP contribution in [0.15, 0.2) is 11.6 Å². The summed E-state index contributed by atoms with van der Waals surface area (Å²) >= 11 is 0. The van der Waals surface area contributed by atoms with Crippen molar-refractivity contribution >= 4 is 11.6 Å². The van der Waals surface area contributed by atoms with Gasteiger partial charge in [-0.15, -0.1) is 0 Å². The van der Waals surface area contributed by atoms with E-state index in [0.717, 1.165) is 25.7 Å². The maximum atomic E-state index is 15.0. The maximum absolute atomic E-state index is 15.0. The molecular weight excluding hydrogens is 267 g/mol. The molecule has 4 aliphatic carbocycles. The Morgan fingerprint density at radius 3 is 2.76 bits per heavy atom. The number of halogens is 1. The van der Waals surface area contributed by atoms with E-state index >= 15 is 0 Å². The van der Waals surface area contributed by atoms with E-state index in [4.69, 9.17) is 0 Å². The van der Waals surface area contributed by atoms with Gasteiger partial charge in [-0.2, -0.15) is 0 Å². The van der Waals surface area contributed by atoms with E-state index in [-0.39, 0.29) is 23.4 Å². The molecular formula is C18H23FO2. The zero-order valence-corrected chi connectivity index (χ0v) is 12.6. The first-order valence-corrected chi connectivity index (χ1v) is 8.41. The molecule has 0 aromatic carbocycles. The molecule has 0 saturated heterocycles. The molecule has 4 rings (SSSR count). The molecule has 0 aromatic rings. The smallest absolute Gasteiger partial charge is 0.155 e. The fraction of sp³-hybridized carbons (Fsp3) is 0.778. The minimum absolute atomic E-state index is 0.0575. The van der Waals surface area contributed by atoms with Gasteiger partial charge in [0.05, 0.1) is 0 Å². The van der Waals surface area contributed by atoms with Crippen molar-refractivity contribution in [1.82, 2.24) is 0 Å². The number of hydrogen-bond donors (Lipinski definition) is 0. The number of Topliss-reactive ketones (excluding diaryl/α,β-unsaturated/α-hetero) is 1.